The van der Waals surface area contributed by atoms with Crippen LogP contribution in [0.25, 0.3) is 0 Å². The van der Waals surface area contributed by atoms with Crippen molar-refractivity contribution in [2.24, 2.45) is 11.8 Å². The first kappa shape index (κ1) is 15.0. The predicted molar refractivity (Wildman–Crippen MR) is 76.4 cm³/mol. The molecule has 102 valence electrons. The van der Waals surface area contributed by atoms with E-state index in [1.165, 1.54) is 51.9 Å². The number of nitrogens with zero attached hydrogens (tertiary/aromatic N) is 1. The molecule has 1 fully saturated rings. The summed E-state index contributed by atoms with van der Waals surface area (Å²) in [6, 6.07) is 0.815. The Morgan fingerprint density at radius 3 is 2.00 bits per heavy atom. The van der Waals surface area contributed by atoms with E-state index in [2.05, 4.69) is 37.9 Å². The van der Waals surface area contributed by atoms with Gasteiger partial charge < -0.3 is 10.2 Å². The molecule has 17 heavy (non-hydrogen) atoms. The minimum atomic E-state index is 0.778. The minimum Gasteiger partial charge on any atom is -0.313 e. The lowest BCUT2D eigenvalue weighted by atomic mass is 10.1. The summed E-state index contributed by atoms with van der Waals surface area (Å²) in [5.74, 6) is 1.56. The van der Waals surface area contributed by atoms with Crippen molar-refractivity contribution in [1.29, 1.82) is 0 Å². The third-order valence-corrected chi connectivity index (χ3v) is 3.46. The van der Waals surface area contributed by atoms with Crippen LogP contribution in [0.3, 0.4) is 0 Å². The lowest BCUT2D eigenvalue weighted by Gasteiger charge is -2.26. The summed E-state index contributed by atoms with van der Waals surface area (Å²) in [7, 11) is 0. The number of nitrogens with one attached hydrogen (secondary N) is 1. The average molecular weight is 240 g/mol. The molecular formula is C15H32N2. The van der Waals surface area contributed by atoms with Crippen LogP contribution in [0.15, 0.2) is 0 Å². The first-order valence-electron chi connectivity index (χ1n) is 7.53. The normalized spacial score (nSPS) is 17.8. The second-order valence-electron chi connectivity index (χ2n) is 6.48. The standard InChI is InChI=1S/C15H32N2/c1-13(2)11-17(12-14(3)4)10-9-16-15-7-5-6-8-15/h13-16H,5-12H2,1-4H3. The fourth-order valence-corrected chi connectivity index (χ4v) is 2.85. The van der Waals surface area contributed by atoms with Crippen molar-refractivity contribution in [2.45, 2.75) is 59.4 Å². The molecule has 0 aliphatic heterocycles. The maximum Gasteiger partial charge on any atom is 0.0107 e. The molecule has 0 amide bonds. The molecule has 0 saturated heterocycles. The van der Waals surface area contributed by atoms with E-state index in [9.17, 15) is 0 Å². The van der Waals surface area contributed by atoms with Gasteiger partial charge in [0.2, 0.25) is 0 Å². The first-order valence-corrected chi connectivity index (χ1v) is 7.53. The quantitative estimate of drug-likeness (QED) is 0.701. The Morgan fingerprint density at radius 2 is 1.53 bits per heavy atom. The summed E-state index contributed by atoms with van der Waals surface area (Å²) in [6.07, 6.45) is 5.65. The highest BCUT2D eigenvalue weighted by atomic mass is 15.1. The van der Waals surface area contributed by atoms with Crippen LogP contribution < -0.4 is 5.32 Å². The topological polar surface area (TPSA) is 15.3 Å². The summed E-state index contributed by atoms with van der Waals surface area (Å²) in [5.41, 5.74) is 0. The van der Waals surface area contributed by atoms with E-state index in [1.807, 2.05) is 0 Å². The van der Waals surface area contributed by atoms with Gasteiger partial charge in [-0.15, -0.1) is 0 Å². The Labute approximate surface area is 108 Å². The molecule has 0 bridgehead atoms. The molecule has 1 N–H and O–H groups in total. The van der Waals surface area contributed by atoms with Crippen molar-refractivity contribution in [2.75, 3.05) is 26.2 Å². The molecule has 0 aromatic carbocycles. The third-order valence-electron chi connectivity index (χ3n) is 3.46. The predicted octanol–water partition coefficient (Wildman–Crippen LogP) is 3.13. The van der Waals surface area contributed by atoms with E-state index >= 15 is 0 Å². The number of rotatable bonds is 8. The third kappa shape index (κ3) is 7.05. The molecule has 0 atom stereocenters. The minimum absolute atomic E-state index is 0.778. The van der Waals surface area contributed by atoms with Crippen molar-refractivity contribution in [3.63, 3.8) is 0 Å². The molecular weight excluding hydrogens is 208 g/mol. The molecule has 1 rings (SSSR count). The molecule has 0 aromatic heterocycles. The zero-order valence-electron chi connectivity index (χ0n) is 12.3. The summed E-state index contributed by atoms with van der Waals surface area (Å²) in [5, 5.41) is 3.72. The molecule has 0 spiro atoms. The molecule has 0 radical (unpaired) electrons. The zero-order chi connectivity index (χ0) is 12.7. The lowest BCUT2D eigenvalue weighted by molar-refractivity contribution is 0.217. The molecule has 1 aliphatic rings. The fourth-order valence-electron chi connectivity index (χ4n) is 2.85. The van der Waals surface area contributed by atoms with Crippen LogP contribution >= 0.6 is 0 Å². The van der Waals surface area contributed by atoms with Gasteiger partial charge >= 0.3 is 0 Å². The Kier molecular flexibility index (Phi) is 7.14. The molecule has 2 nitrogen and oxygen atoms in total. The molecule has 1 aliphatic carbocycles. The maximum atomic E-state index is 3.72. The van der Waals surface area contributed by atoms with Gasteiger partial charge in [0.1, 0.15) is 0 Å². The Bertz CT molecular complexity index is 173. The van der Waals surface area contributed by atoms with Crippen LogP contribution in [0.1, 0.15) is 53.4 Å². The van der Waals surface area contributed by atoms with E-state index < -0.39 is 0 Å². The Balaban J connectivity index is 2.17. The van der Waals surface area contributed by atoms with Crippen LogP contribution in [-0.4, -0.2) is 37.1 Å². The first-order chi connectivity index (χ1) is 8.08. The van der Waals surface area contributed by atoms with Crippen molar-refractivity contribution in [3.8, 4) is 0 Å². The van der Waals surface area contributed by atoms with Crippen molar-refractivity contribution in [1.82, 2.24) is 10.2 Å². The molecule has 1 saturated carbocycles. The number of hydrogen-bond acceptors (Lipinski definition) is 2. The molecule has 0 heterocycles. The monoisotopic (exact) mass is 240 g/mol. The van der Waals surface area contributed by atoms with Crippen LogP contribution in [0.5, 0.6) is 0 Å². The van der Waals surface area contributed by atoms with Crippen molar-refractivity contribution in [3.05, 3.63) is 0 Å². The largest absolute Gasteiger partial charge is 0.313 e. The van der Waals surface area contributed by atoms with Gasteiger partial charge in [-0.1, -0.05) is 40.5 Å². The van der Waals surface area contributed by atoms with Crippen LogP contribution in [0.4, 0.5) is 0 Å². The smallest absolute Gasteiger partial charge is 0.0107 e. The lowest BCUT2D eigenvalue weighted by Crippen LogP contribution is -2.39. The van der Waals surface area contributed by atoms with E-state index in [-0.39, 0.29) is 0 Å². The SMILES string of the molecule is CC(C)CN(CCNC1CCCC1)CC(C)C. The summed E-state index contributed by atoms with van der Waals surface area (Å²) in [4.78, 5) is 2.62. The second-order valence-corrected chi connectivity index (χ2v) is 6.48. The van der Waals surface area contributed by atoms with Gasteiger partial charge in [-0.05, 0) is 24.7 Å². The highest BCUT2D eigenvalue weighted by molar-refractivity contribution is 4.74. The molecule has 0 unspecified atom stereocenters. The summed E-state index contributed by atoms with van der Waals surface area (Å²) >= 11 is 0. The molecule has 2 heteroatoms. The maximum absolute atomic E-state index is 3.72. The summed E-state index contributed by atoms with van der Waals surface area (Å²) < 4.78 is 0. The Morgan fingerprint density at radius 1 is 1.00 bits per heavy atom. The van der Waals surface area contributed by atoms with Crippen LogP contribution in [0.2, 0.25) is 0 Å². The Hall–Kier alpha value is -0.0800. The fraction of sp³-hybridized carbons (Fsp3) is 1.00. The highest BCUT2D eigenvalue weighted by Gasteiger charge is 2.14. The van der Waals surface area contributed by atoms with Crippen molar-refractivity contribution >= 4 is 0 Å². The average Bonchev–Trinajstić information content (AvgIpc) is 2.68. The van der Waals surface area contributed by atoms with E-state index in [4.69, 9.17) is 0 Å². The molecule has 0 aromatic rings. The van der Waals surface area contributed by atoms with Gasteiger partial charge in [0, 0.05) is 32.2 Å². The van der Waals surface area contributed by atoms with Gasteiger partial charge in [-0.3, -0.25) is 0 Å². The van der Waals surface area contributed by atoms with Gasteiger partial charge in [0.15, 0.2) is 0 Å². The van der Waals surface area contributed by atoms with Gasteiger partial charge in [-0.25, -0.2) is 0 Å². The van der Waals surface area contributed by atoms with Gasteiger partial charge in [0.25, 0.3) is 0 Å². The highest BCUT2D eigenvalue weighted by Crippen LogP contribution is 2.17. The van der Waals surface area contributed by atoms with Gasteiger partial charge in [-0.2, -0.15) is 0 Å². The number of hydrogen-bond donors (Lipinski definition) is 1. The zero-order valence-corrected chi connectivity index (χ0v) is 12.3. The van der Waals surface area contributed by atoms with E-state index in [1.54, 1.807) is 0 Å². The van der Waals surface area contributed by atoms with Crippen molar-refractivity contribution < 1.29 is 0 Å². The van der Waals surface area contributed by atoms with E-state index in [0.29, 0.717) is 0 Å². The van der Waals surface area contributed by atoms with Gasteiger partial charge in [0.05, 0.1) is 0 Å². The van der Waals surface area contributed by atoms with E-state index in [0.717, 1.165) is 17.9 Å². The van der Waals surface area contributed by atoms with Crippen LogP contribution in [0, 0.1) is 11.8 Å². The van der Waals surface area contributed by atoms with Crippen LogP contribution in [-0.2, 0) is 0 Å². The summed E-state index contributed by atoms with van der Waals surface area (Å²) in [6.45, 7) is 14.1. The second kappa shape index (κ2) is 8.10.